The van der Waals surface area contributed by atoms with Gasteiger partial charge in [0.25, 0.3) is 0 Å². The van der Waals surface area contributed by atoms with Crippen LogP contribution in [0.2, 0.25) is 0 Å². The van der Waals surface area contributed by atoms with Gasteiger partial charge in [0.1, 0.15) is 0 Å². The van der Waals surface area contributed by atoms with Gasteiger partial charge in [-0.25, -0.2) is 4.79 Å². The number of hydrogen-bond acceptors (Lipinski definition) is 4. The smallest absolute Gasteiger partial charge is 0.335 e. The van der Waals surface area contributed by atoms with E-state index >= 15 is 0 Å². The van der Waals surface area contributed by atoms with E-state index in [1.54, 1.807) is 0 Å². The largest absolute Gasteiger partial charge is 0.467 e. The Balaban J connectivity index is 2.30. The minimum absolute atomic E-state index is 0.334. The van der Waals surface area contributed by atoms with Gasteiger partial charge in [-0.2, -0.15) is 0 Å². The number of esters is 1. The lowest BCUT2D eigenvalue weighted by atomic mass is 9.96. The molecule has 0 heterocycles. The van der Waals surface area contributed by atoms with E-state index < -0.39 is 6.10 Å². The lowest BCUT2D eigenvalue weighted by molar-refractivity contribution is -0.153. The third kappa shape index (κ3) is 4.66. The highest BCUT2D eigenvalue weighted by molar-refractivity contribution is 5.75. The number of methoxy groups -OCH3 is 1. The van der Waals surface area contributed by atoms with Gasteiger partial charge in [-0.15, -0.1) is 0 Å². The Morgan fingerprint density at radius 3 is 2.46 bits per heavy atom. The fraction of sp³-hybridized carbons (Fsp3) is 0.350. The summed E-state index contributed by atoms with van der Waals surface area (Å²) in [5.41, 5.74) is 4.59. The summed E-state index contributed by atoms with van der Waals surface area (Å²) < 4.78 is 10.4. The Kier molecular flexibility index (Phi) is 6.97. The van der Waals surface area contributed by atoms with Crippen LogP contribution in [0.4, 0.5) is 0 Å². The molecule has 4 nitrogen and oxygen atoms in total. The predicted molar refractivity (Wildman–Crippen MR) is 95.8 cm³/mol. The molecule has 0 aliphatic rings. The molecule has 1 N–H and O–H groups in total. The molecular weight excluding hydrogens is 302 g/mol. The Bertz CT molecular complexity index is 655. The van der Waals surface area contributed by atoms with E-state index in [1.807, 2.05) is 32.2 Å². The lowest BCUT2D eigenvalue weighted by Gasteiger charge is -2.18. The van der Waals surface area contributed by atoms with Crippen molar-refractivity contribution in [3.05, 3.63) is 59.7 Å². The third-order valence-corrected chi connectivity index (χ3v) is 3.92. The van der Waals surface area contributed by atoms with Crippen molar-refractivity contribution in [1.29, 1.82) is 0 Å². The summed E-state index contributed by atoms with van der Waals surface area (Å²) >= 11 is 0. The van der Waals surface area contributed by atoms with Crippen molar-refractivity contribution >= 4 is 5.97 Å². The second-order valence-corrected chi connectivity index (χ2v) is 5.55. The monoisotopic (exact) mass is 327 g/mol. The Morgan fingerprint density at radius 1 is 1.08 bits per heavy atom. The van der Waals surface area contributed by atoms with Gasteiger partial charge in [0.05, 0.1) is 7.11 Å². The number of benzene rings is 2. The van der Waals surface area contributed by atoms with Crippen LogP contribution in [0.1, 0.15) is 18.1 Å². The highest BCUT2D eigenvalue weighted by Crippen LogP contribution is 2.24. The molecule has 1 atom stereocenters. The van der Waals surface area contributed by atoms with Crippen LogP contribution in [-0.2, 0) is 27.2 Å². The Labute approximate surface area is 143 Å². The Morgan fingerprint density at radius 2 is 1.83 bits per heavy atom. The fourth-order valence-electron chi connectivity index (χ4n) is 2.73. The Hall–Kier alpha value is -2.17. The van der Waals surface area contributed by atoms with Crippen LogP contribution in [0.25, 0.3) is 11.1 Å². The molecule has 2 aromatic rings. The first-order valence-electron chi connectivity index (χ1n) is 8.20. The van der Waals surface area contributed by atoms with Gasteiger partial charge in [0.2, 0.25) is 0 Å². The van der Waals surface area contributed by atoms with Crippen molar-refractivity contribution in [2.75, 3.05) is 20.8 Å². The molecule has 0 bridgehead atoms. The summed E-state index contributed by atoms with van der Waals surface area (Å²) in [5, 5.41) is 3.19. The average Bonchev–Trinajstić information content (AvgIpc) is 2.63. The molecule has 0 aliphatic heterocycles. The number of ether oxygens (including phenoxy) is 2. The van der Waals surface area contributed by atoms with E-state index in [-0.39, 0.29) is 5.97 Å². The zero-order valence-electron chi connectivity index (χ0n) is 14.5. The van der Waals surface area contributed by atoms with E-state index in [0.717, 1.165) is 23.2 Å². The molecule has 0 fully saturated rings. The predicted octanol–water partition coefficient (Wildman–Crippen LogP) is 3.19. The molecule has 0 aliphatic carbocycles. The van der Waals surface area contributed by atoms with Gasteiger partial charge in [0, 0.05) is 19.6 Å². The zero-order chi connectivity index (χ0) is 17.4. The third-order valence-electron chi connectivity index (χ3n) is 3.92. The minimum atomic E-state index is -0.571. The molecule has 128 valence electrons. The number of rotatable bonds is 8. The molecule has 0 unspecified atom stereocenters. The summed E-state index contributed by atoms with van der Waals surface area (Å²) in [6.07, 6.45) is -0.0646. The zero-order valence-corrected chi connectivity index (χ0v) is 14.5. The molecule has 0 amide bonds. The van der Waals surface area contributed by atoms with Gasteiger partial charge in [-0.05, 0) is 42.3 Å². The molecule has 0 aromatic heterocycles. The van der Waals surface area contributed by atoms with Crippen molar-refractivity contribution < 1.29 is 14.3 Å². The van der Waals surface area contributed by atoms with Crippen molar-refractivity contribution in [2.24, 2.45) is 0 Å². The maximum atomic E-state index is 11.9. The van der Waals surface area contributed by atoms with Crippen LogP contribution in [0, 0.1) is 0 Å². The van der Waals surface area contributed by atoms with E-state index in [2.05, 4.69) is 35.6 Å². The first-order chi connectivity index (χ1) is 11.7. The van der Waals surface area contributed by atoms with Crippen molar-refractivity contribution in [3.8, 4) is 11.1 Å². The topological polar surface area (TPSA) is 47.6 Å². The molecule has 0 saturated heterocycles. The second kappa shape index (κ2) is 9.21. The quantitative estimate of drug-likeness (QED) is 0.757. The highest BCUT2D eigenvalue weighted by Gasteiger charge is 2.21. The molecule has 0 saturated carbocycles. The minimum Gasteiger partial charge on any atom is -0.467 e. The van der Waals surface area contributed by atoms with Gasteiger partial charge in [-0.1, -0.05) is 42.5 Å². The van der Waals surface area contributed by atoms with E-state index in [0.29, 0.717) is 13.0 Å². The molecule has 24 heavy (non-hydrogen) atoms. The normalized spacial score (nSPS) is 12.0. The van der Waals surface area contributed by atoms with Gasteiger partial charge in [0.15, 0.2) is 6.10 Å². The number of carbonyl (C=O) groups is 1. The number of carbonyl (C=O) groups excluding carboxylic acids is 1. The van der Waals surface area contributed by atoms with E-state index in [1.165, 1.54) is 12.7 Å². The van der Waals surface area contributed by atoms with E-state index in [9.17, 15) is 4.79 Å². The molecule has 2 rings (SSSR count). The van der Waals surface area contributed by atoms with Crippen LogP contribution in [0.3, 0.4) is 0 Å². The second-order valence-electron chi connectivity index (χ2n) is 5.55. The van der Waals surface area contributed by atoms with Gasteiger partial charge >= 0.3 is 5.97 Å². The summed E-state index contributed by atoms with van der Waals surface area (Å²) in [4.78, 5) is 11.9. The fourth-order valence-corrected chi connectivity index (χ4v) is 2.73. The maximum Gasteiger partial charge on any atom is 0.335 e. The first-order valence-corrected chi connectivity index (χ1v) is 8.20. The van der Waals surface area contributed by atoms with Gasteiger partial charge in [-0.3, -0.25) is 0 Å². The van der Waals surface area contributed by atoms with Gasteiger partial charge < -0.3 is 14.8 Å². The summed E-state index contributed by atoms with van der Waals surface area (Å²) in [5.74, 6) is -0.334. The molecule has 0 radical (unpaired) electrons. The van der Waals surface area contributed by atoms with Crippen LogP contribution >= 0.6 is 0 Å². The number of hydrogen-bond donors (Lipinski definition) is 1. The van der Waals surface area contributed by atoms with Crippen LogP contribution in [0.5, 0.6) is 0 Å². The van der Waals surface area contributed by atoms with Crippen molar-refractivity contribution in [1.82, 2.24) is 5.32 Å². The van der Waals surface area contributed by atoms with Crippen LogP contribution < -0.4 is 5.32 Å². The van der Waals surface area contributed by atoms with Crippen LogP contribution in [0.15, 0.2) is 48.5 Å². The summed E-state index contributed by atoms with van der Waals surface area (Å²) in [6.45, 7) is 3.09. The summed E-state index contributed by atoms with van der Waals surface area (Å²) in [6, 6.07) is 16.6. The van der Waals surface area contributed by atoms with Crippen molar-refractivity contribution in [2.45, 2.75) is 26.0 Å². The molecule has 0 spiro atoms. The van der Waals surface area contributed by atoms with Crippen LogP contribution in [-0.4, -0.2) is 32.8 Å². The first kappa shape index (κ1) is 18.2. The average molecular weight is 327 g/mol. The standard InChI is InChI=1S/C20H25NO3/c1-4-24-19(20(22)23-3)13-17-11-10-16(12-18(17)14-21-2)15-8-6-5-7-9-15/h5-12,19,21H,4,13-14H2,1-3H3/t19-/m0/s1. The molecule has 4 heteroatoms. The molecule has 2 aromatic carbocycles. The highest BCUT2D eigenvalue weighted by atomic mass is 16.6. The SMILES string of the molecule is CCO[C@@H](Cc1ccc(-c2ccccc2)cc1CNC)C(=O)OC. The molecular formula is C20H25NO3. The summed E-state index contributed by atoms with van der Waals surface area (Å²) in [7, 11) is 3.31. The number of nitrogens with one attached hydrogen (secondary N) is 1. The van der Waals surface area contributed by atoms with E-state index in [4.69, 9.17) is 9.47 Å². The van der Waals surface area contributed by atoms with Crippen molar-refractivity contribution in [3.63, 3.8) is 0 Å². The maximum absolute atomic E-state index is 11.9. The lowest BCUT2D eigenvalue weighted by Crippen LogP contribution is -2.28.